The molecule has 0 aliphatic carbocycles. The number of pyridine rings is 1. The van der Waals surface area contributed by atoms with Gasteiger partial charge in [-0.2, -0.15) is 0 Å². The van der Waals surface area contributed by atoms with Crippen LogP contribution in [0, 0.1) is 0 Å². The van der Waals surface area contributed by atoms with Crippen molar-refractivity contribution >= 4 is 10.9 Å². The van der Waals surface area contributed by atoms with Crippen LogP contribution in [0.25, 0.3) is 22.2 Å². The highest BCUT2D eigenvalue weighted by atomic mass is 16.5. The molecule has 0 spiro atoms. The van der Waals surface area contributed by atoms with Crippen LogP contribution in [-0.2, 0) is 26.4 Å². The van der Waals surface area contributed by atoms with Gasteiger partial charge in [-0.15, -0.1) is 0 Å². The minimum Gasteiger partial charge on any atom is -0.489 e. The van der Waals surface area contributed by atoms with E-state index in [0.29, 0.717) is 35.8 Å². The van der Waals surface area contributed by atoms with Crippen LogP contribution in [-0.4, -0.2) is 4.57 Å². The number of fused-ring (bicyclic) bond motifs is 1. The molecule has 0 aliphatic heterocycles. The molecule has 1 aromatic heterocycles. The number of benzene rings is 5. The monoisotopic (exact) mass is 791 g/mol. The first-order valence-corrected chi connectivity index (χ1v) is 22.5. The first-order valence-electron chi connectivity index (χ1n) is 22.5. The molecule has 310 valence electrons. The predicted molar refractivity (Wildman–Crippen MR) is 246 cm³/mol. The minimum atomic E-state index is -0.185. The maximum Gasteiger partial charge on any atom is 0.235 e. The molecule has 5 aromatic carbocycles. The maximum absolute atomic E-state index is 15.0. The SMILES string of the molecule is CCCCCCCCCCCCCCCCCCn1c(-c2ccccc2)c(OCc2ccccc2)c(=O)c2c(OCc3ccccc3)cc(OCc3ccccc3)cc21. The van der Waals surface area contributed by atoms with Gasteiger partial charge >= 0.3 is 0 Å². The number of hydrogen-bond acceptors (Lipinski definition) is 4. The molecule has 0 amide bonds. The van der Waals surface area contributed by atoms with Crippen molar-refractivity contribution in [1.29, 1.82) is 0 Å². The highest BCUT2D eigenvalue weighted by molar-refractivity contribution is 5.92. The summed E-state index contributed by atoms with van der Waals surface area (Å²) in [6, 6.07) is 44.4. The standard InChI is InChI=1S/C54H65NO4/c1-2-3-4-5-6-7-8-9-10-11-12-13-14-15-16-29-38-55-49-39-48(57-41-44-30-21-17-22-31-44)40-50(58-42-45-32-23-18-24-33-45)51(49)53(56)54(52(55)47-36-27-20-28-37-47)59-43-46-34-25-19-26-35-46/h17-28,30-37,39-40H,2-16,29,38,41-43H2,1H3. The summed E-state index contributed by atoms with van der Waals surface area (Å²) in [4.78, 5) is 15.0. The normalized spacial score (nSPS) is 11.2. The fourth-order valence-corrected chi connectivity index (χ4v) is 7.95. The molecule has 0 atom stereocenters. The second kappa shape index (κ2) is 24.6. The van der Waals surface area contributed by atoms with Crippen molar-refractivity contribution in [2.75, 3.05) is 0 Å². The summed E-state index contributed by atoms with van der Waals surface area (Å²) in [6.07, 6.45) is 21.1. The van der Waals surface area contributed by atoms with E-state index in [4.69, 9.17) is 14.2 Å². The van der Waals surface area contributed by atoms with E-state index in [-0.39, 0.29) is 12.0 Å². The molecule has 5 heteroatoms. The molecule has 0 saturated heterocycles. The van der Waals surface area contributed by atoms with Gasteiger partial charge in [-0.1, -0.05) is 225 Å². The Morgan fingerprint density at radius 3 is 1.37 bits per heavy atom. The maximum atomic E-state index is 15.0. The Bertz CT molecular complexity index is 2130. The quantitative estimate of drug-likeness (QED) is 0.0488. The third-order valence-electron chi connectivity index (χ3n) is 11.3. The fraction of sp³-hybridized carbons (Fsp3) is 0.389. The van der Waals surface area contributed by atoms with Gasteiger partial charge in [0.2, 0.25) is 5.43 Å². The average Bonchev–Trinajstić information content (AvgIpc) is 3.28. The number of hydrogen-bond donors (Lipinski definition) is 0. The first-order chi connectivity index (χ1) is 29.2. The summed E-state index contributed by atoms with van der Waals surface area (Å²) in [7, 11) is 0. The van der Waals surface area contributed by atoms with Gasteiger partial charge in [0.15, 0.2) is 5.75 Å². The van der Waals surface area contributed by atoms with E-state index in [1.54, 1.807) is 0 Å². The Morgan fingerprint density at radius 1 is 0.458 bits per heavy atom. The van der Waals surface area contributed by atoms with Crippen molar-refractivity contribution in [2.45, 2.75) is 136 Å². The molecule has 0 N–H and O–H groups in total. The number of ether oxygens (including phenoxy) is 3. The molecule has 6 rings (SSSR count). The lowest BCUT2D eigenvalue weighted by molar-refractivity contribution is 0.291. The van der Waals surface area contributed by atoms with Crippen LogP contribution in [0.3, 0.4) is 0 Å². The van der Waals surface area contributed by atoms with Crippen molar-refractivity contribution in [2.24, 2.45) is 0 Å². The molecule has 0 fully saturated rings. The second-order valence-corrected chi connectivity index (χ2v) is 16.0. The highest BCUT2D eigenvalue weighted by Crippen LogP contribution is 2.38. The topological polar surface area (TPSA) is 49.7 Å². The number of aryl methyl sites for hydroxylation is 1. The highest BCUT2D eigenvalue weighted by Gasteiger charge is 2.24. The lowest BCUT2D eigenvalue weighted by atomic mass is 10.0. The summed E-state index contributed by atoms with van der Waals surface area (Å²) in [5.41, 5.74) is 5.42. The summed E-state index contributed by atoms with van der Waals surface area (Å²) in [5, 5.41) is 0.507. The van der Waals surface area contributed by atoms with Crippen LogP contribution in [0.1, 0.15) is 126 Å². The van der Waals surface area contributed by atoms with Gasteiger partial charge in [-0.25, -0.2) is 0 Å². The van der Waals surface area contributed by atoms with Gasteiger partial charge < -0.3 is 18.8 Å². The number of rotatable bonds is 27. The van der Waals surface area contributed by atoms with Gasteiger partial charge in [0, 0.05) is 24.2 Å². The largest absolute Gasteiger partial charge is 0.489 e. The number of unbranched alkanes of at least 4 members (excludes halogenated alkanes) is 15. The zero-order valence-corrected chi connectivity index (χ0v) is 35.4. The van der Waals surface area contributed by atoms with Crippen molar-refractivity contribution in [3.8, 4) is 28.5 Å². The van der Waals surface area contributed by atoms with E-state index in [9.17, 15) is 4.79 Å². The van der Waals surface area contributed by atoms with Crippen molar-refractivity contribution in [3.63, 3.8) is 0 Å². The summed E-state index contributed by atoms with van der Waals surface area (Å²) >= 11 is 0. The molecule has 1 heterocycles. The molecule has 0 aliphatic rings. The molecule has 0 saturated carbocycles. The van der Waals surface area contributed by atoms with Gasteiger partial charge in [0.25, 0.3) is 0 Å². The third kappa shape index (κ3) is 13.6. The van der Waals surface area contributed by atoms with E-state index in [1.807, 2.05) is 109 Å². The first kappa shape index (κ1) is 43.3. The van der Waals surface area contributed by atoms with Gasteiger partial charge in [0.05, 0.1) is 16.6 Å². The minimum absolute atomic E-state index is 0.185. The Morgan fingerprint density at radius 2 is 0.881 bits per heavy atom. The fourth-order valence-electron chi connectivity index (χ4n) is 7.95. The molecular weight excluding hydrogens is 727 g/mol. The zero-order chi connectivity index (χ0) is 40.7. The zero-order valence-electron chi connectivity index (χ0n) is 35.4. The summed E-state index contributed by atoms with van der Waals surface area (Å²) in [6.45, 7) is 4.01. The molecule has 0 radical (unpaired) electrons. The third-order valence-corrected chi connectivity index (χ3v) is 11.3. The van der Waals surface area contributed by atoms with Crippen LogP contribution < -0.4 is 19.6 Å². The summed E-state index contributed by atoms with van der Waals surface area (Å²) in [5.74, 6) is 1.48. The lowest BCUT2D eigenvalue weighted by Gasteiger charge is -2.23. The van der Waals surface area contributed by atoms with E-state index in [1.165, 1.54) is 89.9 Å². The number of nitrogens with zero attached hydrogens (tertiary/aromatic N) is 1. The number of aromatic nitrogens is 1. The summed E-state index contributed by atoms with van der Waals surface area (Å²) < 4.78 is 22.0. The van der Waals surface area contributed by atoms with Crippen molar-refractivity contribution in [1.82, 2.24) is 4.57 Å². The van der Waals surface area contributed by atoms with E-state index < -0.39 is 0 Å². The van der Waals surface area contributed by atoms with Crippen molar-refractivity contribution in [3.05, 3.63) is 160 Å². The molecule has 59 heavy (non-hydrogen) atoms. The molecular formula is C54H65NO4. The van der Waals surface area contributed by atoms with Crippen molar-refractivity contribution < 1.29 is 14.2 Å². The van der Waals surface area contributed by atoms with Crippen LogP contribution in [0.5, 0.6) is 17.2 Å². The predicted octanol–water partition coefficient (Wildman–Crippen LogP) is 14.7. The van der Waals surface area contributed by atoms with E-state index in [2.05, 4.69) is 35.8 Å². The van der Waals surface area contributed by atoms with Gasteiger partial charge in [-0.3, -0.25) is 4.79 Å². The van der Waals surface area contributed by atoms with Crippen LogP contribution in [0.2, 0.25) is 0 Å². The molecule has 0 unspecified atom stereocenters. The average molecular weight is 792 g/mol. The van der Waals surface area contributed by atoms with Gasteiger partial charge in [0.1, 0.15) is 31.3 Å². The van der Waals surface area contributed by atoms with Crippen LogP contribution in [0.4, 0.5) is 0 Å². The van der Waals surface area contributed by atoms with Crippen LogP contribution in [0.15, 0.2) is 138 Å². The lowest BCUT2D eigenvalue weighted by Crippen LogP contribution is -2.18. The van der Waals surface area contributed by atoms with Crippen LogP contribution >= 0.6 is 0 Å². The van der Waals surface area contributed by atoms with E-state index >= 15 is 0 Å². The Balaban J connectivity index is 1.25. The molecule has 5 nitrogen and oxygen atoms in total. The second-order valence-electron chi connectivity index (χ2n) is 16.0. The Labute approximate surface area is 353 Å². The molecule has 6 aromatic rings. The van der Waals surface area contributed by atoms with E-state index in [0.717, 1.165) is 52.9 Å². The smallest absolute Gasteiger partial charge is 0.235 e. The Hall–Kier alpha value is -5.29. The molecule has 0 bridgehead atoms. The van der Waals surface area contributed by atoms with Gasteiger partial charge in [-0.05, 0) is 23.1 Å². The Kier molecular flexibility index (Phi) is 18.0.